The standard InChI is InChI=1S/C29H28ClN7O/c30-23-10-9-22(19-26(23)38-17-16-36-13-3-4-14-36)33-29-32-12-11-24(34-29)27-25-8-1-2-15-37(25)35-28(27)20-6-5-7-21(31)18-20/h1-2,5-12,15,18-19H,3-4,13-14,16-17,31H2,(H,32,33,34). The average Bonchev–Trinajstić information content (AvgIpc) is 3.59. The Labute approximate surface area is 226 Å². The zero-order chi connectivity index (χ0) is 25.9. The molecule has 3 aromatic heterocycles. The van der Waals surface area contributed by atoms with Crippen molar-refractivity contribution < 1.29 is 4.74 Å². The molecular weight excluding hydrogens is 498 g/mol. The number of anilines is 3. The zero-order valence-corrected chi connectivity index (χ0v) is 21.6. The van der Waals surface area contributed by atoms with Crippen molar-refractivity contribution >= 4 is 34.4 Å². The van der Waals surface area contributed by atoms with E-state index in [2.05, 4.69) is 15.2 Å². The van der Waals surface area contributed by atoms with Gasteiger partial charge in [0.15, 0.2) is 0 Å². The molecule has 0 bridgehead atoms. The van der Waals surface area contributed by atoms with Crippen molar-refractivity contribution in [1.82, 2.24) is 24.5 Å². The van der Waals surface area contributed by atoms with Gasteiger partial charge in [-0.3, -0.25) is 4.90 Å². The van der Waals surface area contributed by atoms with Crippen LogP contribution in [0, 0.1) is 0 Å². The summed E-state index contributed by atoms with van der Waals surface area (Å²) in [5.74, 6) is 1.10. The number of nitrogens with zero attached hydrogens (tertiary/aromatic N) is 5. The number of nitrogens with two attached hydrogens (primary N) is 1. The molecule has 38 heavy (non-hydrogen) atoms. The lowest BCUT2D eigenvalue weighted by Gasteiger charge is -2.16. The molecule has 0 saturated carbocycles. The number of nitrogens with one attached hydrogen (secondary N) is 1. The van der Waals surface area contributed by atoms with Gasteiger partial charge in [0, 0.05) is 41.9 Å². The van der Waals surface area contributed by atoms with E-state index in [0.717, 1.165) is 53.4 Å². The van der Waals surface area contributed by atoms with Crippen LogP contribution < -0.4 is 15.8 Å². The van der Waals surface area contributed by atoms with E-state index in [-0.39, 0.29) is 0 Å². The van der Waals surface area contributed by atoms with E-state index in [9.17, 15) is 0 Å². The van der Waals surface area contributed by atoms with Crippen LogP contribution in [0.15, 0.2) is 79.1 Å². The van der Waals surface area contributed by atoms with Gasteiger partial charge in [0.1, 0.15) is 18.1 Å². The molecule has 3 N–H and O–H groups in total. The van der Waals surface area contributed by atoms with Gasteiger partial charge in [-0.1, -0.05) is 29.8 Å². The molecule has 9 heteroatoms. The molecule has 8 nitrogen and oxygen atoms in total. The highest BCUT2D eigenvalue weighted by Crippen LogP contribution is 2.35. The Morgan fingerprint density at radius 1 is 1.00 bits per heavy atom. The number of aromatic nitrogens is 4. The van der Waals surface area contributed by atoms with E-state index in [1.54, 1.807) is 6.20 Å². The van der Waals surface area contributed by atoms with Crippen LogP contribution in [0.5, 0.6) is 5.75 Å². The molecule has 4 heterocycles. The highest BCUT2D eigenvalue weighted by molar-refractivity contribution is 6.32. The minimum absolute atomic E-state index is 0.460. The van der Waals surface area contributed by atoms with Gasteiger partial charge in [-0.15, -0.1) is 0 Å². The van der Waals surface area contributed by atoms with Crippen molar-refractivity contribution in [2.75, 3.05) is 37.3 Å². The molecule has 192 valence electrons. The summed E-state index contributed by atoms with van der Waals surface area (Å²) >= 11 is 6.41. The van der Waals surface area contributed by atoms with Gasteiger partial charge >= 0.3 is 0 Å². The van der Waals surface area contributed by atoms with E-state index in [0.29, 0.717) is 29.0 Å². The predicted octanol–water partition coefficient (Wildman–Crippen LogP) is 5.91. The zero-order valence-electron chi connectivity index (χ0n) is 20.8. The minimum Gasteiger partial charge on any atom is -0.491 e. The molecule has 1 aliphatic heterocycles. The second-order valence-electron chi connectivity index (χ2n) is 9.31. The number of hydrogen-bond donors (Lipinski definition) is 2. The van der Waals surface area contributed by atoms with E-state index in [4.69, 9.17) is 32.2 Å². The monoisotopic (exact) mass is 525 g/mol. The largest absolute Gasteiger partial charge is 0.491 e. The molecule has 0 radical (unpaired) electrons. The molecule has 1 saturated heterocycles. The van der Waals surface area contributed by atoms with Gasteiger partial charge in [-0.2, -0.15) is 5.10 Å². The average molecular weight is 526 g/mol. The van der Waals surface area contributed by atoms with Gasteiger partial charge < -0.3 is 15.8 Å². The third kappa shape index (κ3) is 5.14. The summed E-state index contributed by atoms with van der Waals surface area (Å²) in [6.45, 7) is 3.77. The van der Waals surface area contributed by atoms with Crippen LogP contribution in [-0.2, 0) is 0 Å². The van der Waals surface area contributed by atoms with Crippen molar-refractivity contribution in [2.45, 2.75) is 12.8 Å². The summed E-state index contributed by atoms with van der Waals surface area (Å²) in [5, 5.41) is 8.72. The maximum absolute atomic E-state index is 6.41. The van der Waals surface area contributed by atoms with Gasteiger partial charge in [0.2, 0.25) is 5.95 Å². The number of fused-ring (bicyclic) bond motifs is 1. The van der Waals surface area contributed by atoms with Gasteiger partial charge in [-0.05, 0) is 68.4 Å². The Hall–Kier alpha value is -4.14. The number of likely N-dealkylation sites (tertiary alicyclic amines) is 1. The molecule has 0 spiro atoms. The lowest BCUT2D eigenvalue weighted by atomic mass is 10.0. The highest BCUT2D eigenvalue weighted by Gasteiger charge is 2.18. The third-order valence-corrected chi connectivity index (χ3v) is 6.98. The first-order valence-corrected chi connectivity index (χ1v) is 13.1. The predicted molar refractivity (Wildman–Crippen MR) is 152 cm³/mol. The topological polar surface area (TPSA) is 93.6 Å². The lowest BCUT2D eigenvalue weighted by Crippen LogP contribution is -2.25. The summed E-state index contributed by atoms with van der Waals surface area (Å²) in [5.41, 5.74) is 11.9. The van der Waals surface area contributed by atoms with Crippen LogP contribution in [-0.4, -0.2) is 50.7 Å². The van der Waals surface area contributed by atoms with Crippen LogP contribution in [0.3, 0.4) is 0 Å². The molecule has 0 atom stereocenters. The van der Waals surface area contributed by atoms with Crippen LogP contribution in [0.2, 0.25) is 5.02 Å². The fourth-order valence-corrected chi connectivity index (χ4v) is 4.98. The van der Waals surface area contributed by atoms with E-state index in [1.165, 1.54) is 12.8 Å². The SMILES string of the molecule is Nc1cccc(-c2nn3ccccc3c2-c2ccnc(Nc3ccc(Cl)c(OCCN4CCCC4)c3)n2)c1. The summed E-state index contributed by atoms with van der Waals surface area (Å²) in [4.78, 5) is 11.7. The molecule has 5 aromatic rings. The van der Waals surface area contributed by atoms with Crippen molar-refractivity contribution in [2.24, 2.45) is 0 Å². The Morgan fingerprint density at radius 2 is 1.89 bits per heavy atom. The maximum atomic E-state index is 6.41. The number of rotatable bonds is 8. The Bertz CT molecular complexity index is 1580. The van der Waals surface area contributed by atoms with E-state index < -0.39 is 0 Å². The van der Waals surface area contributed by atoms with Crippen LogP contribution in [0.4, 0.5) is 17.3 Å². The minimum atomic E-state index is 0.460. The molecule has 0 amide bonds. The molecule has 1 aliphatic rings. The smallest absolute Gasteiger partial charge is 0.227 e. The molecular formula is C29H28ClN7O. The Morgan fingerprint density at radius 3 is 2.76 bits per heavy atom. The van der Waals surface area contributed by atoms with Gasteiger partial charge in [-0.25, -0.2) is 14.5 Å². The number of benzene rings is 2. The lowest BCUT2D eigenvalue weighted by molar-refractivity contribution is 0.238. The molecule has 2 aromatic carbocycles. The molecule has 1 fully saturated rings. The first kappa shape index (κ1) is 24.2. The number of ether oxygens (including phenoxy) is 1. The second-order valence-corrected chi connectivity index (χ2v) is 9.72. The van der Waals surface area contributed by atoms with Gasteiger partial charge in [0.05, 0.1) is 21.8 Å². The maximum Gasteiger partial charge on any atom is 0.227 e. The summed E-state index contributed by atoms with van der Waals surface area (Å²) in [7, 11) is 0. The molecule has 0 unspecified atom stereocenters. The van der Waals surface area contributed by atoms with Crippen molar-refractivity contribution in [1.29, 1.82) is 0 Å². The first-order chi connectivity index (χ1) is 18.6. The summed E-state index contributed by atoms with van der Waals surface area (Å²) < 4.78 is 7.86. The normalized spacial score (nSPS) is 13.7. The van der Waals surface area contributed by atoms with Crippen LogP contribution in [0.25, 0.3) is 28.0 Å². The Balaban J connectivity index is 1.28. The first-order valence-electron chi connectivity index (χ1n) is 12.7. The number of hydrogen-bond acceptors (Lipinski definition) is 7. The third-order valence-electron chi connectivity index (χ3n) is 6.66. The van der Waals surface area contributed by atoms with Crippen molar-refractivity contribution in [3.05, 3.63) is 84.1 Å². The fraction of sp³-hybridized carbons (Fsp3) is 0.207. The quantitative estimate of drug-likeness (QED) is 0.243. The van der Waals surface area contributed by atoms with Crippen LogP contribution in [0.1, 0.15) is 12.8 Å². The number of halogens is 1. The summed E-state index contributed by atoms with van der Waals surface area (Å²) in [6.07, 6.45) is 6.18. The second kappa shape index (κ2) is 10.7. The molecule has 0 aliphatic carbocycles. The number of pyridine rings is 1. The fourth-order valence-electron chi connectivity index (χ4n) is 4.81. The van der Waals surface area contributed by atoms with Gasteiger partial charge in [0.25, 0.3) is 0 Å². The van der Waals surface area contributed by atoms with E-state index in [1.807, 2.05) is 77.4 Å². The molecule has 6 rings (SSSR count). The summed E-state index contributed by atoms with van der Waals surface area (Å²) in [6, 6.07) is 21.2. The Kier molecular flexibility index (Phi) is 6.81. The van der Waals surface area contributed by atoms with E-state index >= 15 is 0 Å². The highest BCUT2D eigenvalue weighted by atomic mass is 35.5. The van der Waals surface area contributed by atoms with Crippen LogP contribution >= 0.6 is 11.6 Å². The van der Waals surface area contributed by atoms with Crippen molar-refractivity contribution in [3.8, 4) is 28.3 Å². The number of nitrogen functional groups attached to an aromatic ring is 1. The van der Waals surface area contributed by atoms with Crippen molar-refractivity contribution in [3.63, 3.8) is 0 Å².